The zero-order valence-corrected chi connectivity index (χ0v) is 18.2. The fourth-order valence-electron chi connectivity index (χ4n) is 3.81. The van der Waals surface area contributed by atoms with Crippen LogP contribution in [-0.4, -0.2) is 27.5 Å². The molecule has 0 aliphatic carbocycles. The number of rotatable bonds is 6. The molecule has 0 saturated heterocycles. The standard InChI is InChI=1S/C24H24N2O4S/c1-17-14-20-15-22(31(28,29)25-16-18-8-10-21(30-2)11-9-18)12-13-23(20)26(17)24(27)19-6-4-3-5-7-19/h3-13,15,17,25H,14,16H2,1-2H3. The summed E-state index contributed by atoms with van der Waals surface area (Å²) in [5.41, 5.74) is 3.05. The van der Waals surface area contributed by atoms with Crippen molar-refractivity contribution in [3.8, 4) is 5.75 Å². The lowest BCUT2D eigenvalue weighted by molar-refractivity contribution is 0.0981. The van der Waals surface area contributed by atoms with Crippen molar-refractivity contribution in [2.75, 3.05) is 12.0 Å². The number of nitrogens with one attached hydrogen (secondary N) is 1. The molecule has 0 saturated carbocycles. The van der Waals surface area contributed by atoms with Gasteiger partial charge >= 0.3 is 0 Å². The van der Waals surface area contributed by atoms with E-state index in [-0.39, 0.29) is 23.4 Å². The van der Waals surface area contributed by atoms with Gasteiger partial charge in [0.25, 0.3) is 5.91 Å². The first-order chi connectivity index (χ1) is 14.9. The number of amides is 1. The first-order valence-electron chi connectivity index (χ1n) is 10.0. The Morgan fingerprint density at radius 1 is 1.06 bits per heavy atom. The number of fused-ring (bicyclic) bond motifs is 1. The molecule has 0 fully saturated rings. The zero-order chi connectivity index (χ0) is 22.0. The highest BCUT2D eigenvalue weighted by molar-refractivity contribution is 7.89. The number of carbonyl (C=O) groups excluding carboxylic acids is 1. The van der Waals surface area contributed by atoms with Crippen molar-refractivity contribution in [2.24, 2.45) is 0 Å². The number of carbonyl (C=O) groups is 1. The number of methoxy groups -OCH3 is 1. The molecule has 0 aromatic heterocycles. The van der Waals surface area contributed by atoms with Crippen LogP contribution < -0.4 is 14.4 Å². The molecule has 1 unspecified atom stereocenters. The quantitative estimate of drug-likeness (QED) is 0.638. The number of benzene rings is 3. The van der Waals surface area contributed by atoms with Gasteiger partial charge in [-0.05, 0) is 66.9 Å². The maximum atomic E-state index is 13.0. The van der Waals surface area contributed by atoms with Gasteiger partial charge in [0.05, 0.1) is 12.0 Å². The van der Waals surface area contributed by atoms with Gasteiger partial charge in [0.15, 0.2) is 0 Å². The predicted octanol–water partition coefficient (Wildman–Crippen LogP) is 3.77. The molecule has 1 aliphatic heterocycles. The summed E-state index contributed by atoms with van der Waals surface area (Å²) in [5.74, 6) is 0.633. The fourth-order valence-corrected chi connectivity index (χ4v) is 4.88. The van der Waals surface area contributed by atoms with E-state index in [9.17, 15) is 13.2 Å². The van der Waals surface area contributed by atoms with Crippen LogP contribution in [0.3, 0.4) is 0 Å². The first-order valence-corrected chi connectivity index (χ1v) is 11.5. The summed E-state index contributed by atoms with van der Waals surface area (Å²) in [6.45, 7) is 2.15. The van der Waals surface area contributed by atoms with Gasteiger partial charge in [0, 0.05) is 23.8 Å². The number of anilines is 1. The lowest BCUT2D eigenvalue weighted by atomic mass is 10.1. The van der Waals surface area contributed by atoms with Crippen LogP contribution in [0.2, 0.25) is 0 Å². The van der Waals surface area contributed by atoms with Gasteiger partial charge in [-0.1, -0.05) is 30.3 Å². The first kappa shape index (κ1) is 21.1. The summed E-state index contributed by atoms with van der Waals surface area (Å²) in [7, 11) is -2.10. The largest absolute Gasteiger partial charge is 0.497 e. The summed E-state index contributed by atoms with van der Waals surface area (Å²) in [6, 6.07) is 21.2. The number of ether oxygens (including phenoxy) is 1. The highest BCUT2D eigenvalue weighted by Crippen LogP contribution is 2.35. The molecule has 6 nitrogen and oxygen atoms in total. The van der Waals surface area contributed by atoms with E-state index in [0.29, 0.717) is 17.7 Å². The maximum absolute atomic E-state index is 13.0. The Bertz CT molecular complexity index is 1190. The van der Waals surface area contributed by atoms with E-state index < -0.39 is 10.0 Å². The number of nitrogens with zero attached hydrogens (tertiary/aromatic N) is 1. The predicted molar refractivity (Wildman–Crippen MR) is 120 cm³/mol. The Labute approximate surface area is 182 Å². The van der Waals surface area contributed by atoms with E-state index in [1.807, 2.05) is 37.3 Å². The Morgan fingerprint density at radius 2 is 1.77 bits per heavy atom. The highest BCUT2D eigenvalue weighted by atomic mass is 32.2. The molecule has 0 bridgehead atoms. The molecule has 3 aromatic rings. The second-order valence-corrected chi connectivity index (χ2v) is 9.32. The minimum Gasteiger partial charge on any atom is -0.497 e. The molecule has 4 rings (SSSR count). The lowest BCUT2D eigenvalue weighted by Crippen LogP contribution is -2.35. The minimum absolute atomic E-state index is 0.0482. The molecular formula is C24H24N2O4S. The molecule has 160 valence electrons. The van der Waals surface area contributed by atoms with Crippen LogP contribution in [0.5, 0.6) is 5.75 Å². The normalized spacial score (nSPS) is 15.5. The van der Waals surface area contributed by atoms with Gasteiger partial charge in [-0.3, -0.25) is 4.79 Å². The monoisotopic (exact) mass is 436 g/mol. The van der Waals surface area contributed by atoms with Crippen LogP contribution in [0.1, 0.15) is 28.4 Å². The summed E-state index contributed by atoms with van der Waals surface area (Å²) < 4.78 is 33.4. The lowest BCUT2D eigenvalue weighted by Gasteiger charge is -2.23. The van der Waals surface area contributed by atoms with E-state index >= 15 is 0 Å². The molecule has 1 amide bonds. The molecule has 1 N–H and O–H groups in total. The van der Waals surface area contributed by atoms with Crippen molar-refractivity contribution in [3.63, 3.8) is 0 Å². The minimum atomic E-state index is -3.69. The summed E-state index contributed by atoms with van der Waals surface area (Å²) in [5, 5.41) is 0. The van der Waals surface area contributed by atoms with Crippen molar-refractivity contribution in [1.29, 1.82) is 0 Å². The van der Waals surface area contributed by atoms with Crippen molar-refractivity contribution in [1.82, 2.24) is 4.72 Å². The van der Waals surface area contributed by atoms with Crippen molar-refractivity contribution in [3.05, 3.63) is 89.5 Å². The summed E-state index contributed by atoms with van der Waals surface area (Å²) in [4.78, 5) is 14.9. The van der Waals surface area contributed by atoms with Gasteiger partial charge < -0.3 is 9.64 Å². The van der Waals surface area contributed by atoms with Gasteiger partial charge in [-0.25, -0.2) is 13.1 Å². The molecule has 3 aromatic carbocycles. The van der Waals surface area contributed by atoms with Crippen LogP contribution in [-0.2, 0) is 23.0 Å². The second-order valence-electron chi connectivity index (χ2n) is 7.56. The Morgan fingerprint density at radius 3 is 2.45 bits per heavy atom. The number of hydrogen-bond donors (Lipinski definition) is 1. The Kier molecular flexibility index (Phi) is 5.80. The summed E-state index contributed by atoms with van der Waals surface area (Å²) >= 11 is 0. The molecule has 0 spiro atoms. The van der Waals surface area contributed by atoms with Crippen molar-refractivity contribution in [2.45, 2.75) is 30.8 Å². The average Bonchev–Trinajstić information content (AvgIpc) is 3.13. The molecule has 7 heteroatoms. The third kappa shape index (κ3) is 4.33. The molecule has 1 atom stereocenters. The number of sulfonamides is 1. The molecule has 0 radical (unpaired) electrons. The van der Waals surface area contributed by atoms with Gasteiger partial charge in [-0.2, -0.15) is 0 Å². The van der Waals surface area contributed by atoms with Gasteiger partial charge in [0.1, 0.15) is 5.75 Å². The molecular weight excluding hydrogens is 412 g/mol. The van der Waals surface area contributed by atoms with Gasteiger partial charge in [-0.15, -0.1) is 0 Å². The molecule has 1 heterocycles. The van der Waals surface area contributed by atoms with E-state index in [4.69, 9.17) is 4.74 Å². The van der Waals surface area contributed by atoms with Gasteiger partial charge in [0.2, 0.25) is 10.0 Å². The summed E-state index contributed by atoms with van der Waals surface area (Å²) in [6.07, 6.45) is 0.607. The van der Waals surface area contributed by atoms with Crippen LogP contribution in [0.15, 0.2) is 77.7 Å². The SMILES string of the molecule is COc1ccc(CNS(=O)(=O)c2ccc3c(c2)CC(C)N3C(=O)c2ccccc2)cc1. The van der Waals surface area contributed by atoms with Crippen LogP contribution in [0.25, 0.3) is 0 Å². The fraction of sp³-hybridized carbons (Fsp3) is 0.208. The van der Waals surface area contributed by atoms with E-state index in [2.05, 4.69) is 4.72 Å². The second kappa shape index (κ2) is 8.53. The van der Waals surface area contributed by atoms with E-state index in [1.54, 1.807) is 54.5 Å². The maximum Gasteiger partial charge on any atom is 0.258 e. The van der Waals surface area contributed by atoms with Crippen molar-refractivity contribution < 1.29 is 17.9 Å². The highest BCUT2D eigenvalue weighted by Gasteiger charge is 2.32. The Hall–Kier alpha value is -3.16. The average molecular weight is 437 g/mol. The van der Waals surface area contributed by atoms with Crippen LogP contribution in [0, 0.1) is 0 Å². The Balaban J connectivity index is 1.53. The molecule has 1 aliphatic rings. The third-order valence-electron chi connectivity index (χ3n) is 5.44. The topological polar surface area (TPSA) is 75.7 Å². The van der Waals surface area contributed by atoms with E-state index in [1.165, 1.54) is 0 Å². The van der Waals surface area contributed by atoms with E-state index in [0.717, 1.165) is 16.8 Å². The van der Waals surface area contributed by atoms with Crippen LogP contribution in [0.4, 0.5) is 5.69 Å². The molecule has 31 heavy (non-hydrogen) atoms. The number of hydrogen-bond acceptors (Lipinski definition) is 4. The third-order valence-corrected chi connectivity index (χ3v) is 6.84. The van der Waals surface area contributed by atoms with Crippen molar-refractivity contribution >= 4 is 21.6 Å². The smallest absolute Gasteiger partial charge is 0.258 e. The zero-order valence-electron chi connectivity index (χ0n) is 17.4. The van der Waals surface area contributed by atoms with Crippen LogP contribution >= 0.6 is 0 Å².